The minimum atomic E-state index is -0.158. The van der Waals surface area contributed by atoms with E-state index in [0.717, 1.165) is 45.3 Å². The highest BCUT2D eigenvalue weighted by molar-refractivity contribution is 5.82. The summed E-state index contributed by atoms with van der Waals surface area (Å²) in [5.41, 5.74) is 8.51. The molecule has 0 amide bonds. The molecular weight excluding hydrogens is 246 g/mol. The Bertz CT molecular complexity index is 438. The lowest BCUT2D eigenvalue weighted by Crippen LogP contribution is -2.33. The number of rotatable bonds is 5. The van der Waals surface area contributed by atoms with E-state index >= 15 is 0 Å². The lowest BCUT2D eigenvalue weighted by Gasteiger charge is -2.25. The largest absolute Gasteiger partial charge is 0.387 e. The molecule has 0 saturated heterocycles. The van der Waals surface area contributed by atoms with Gasteiger partial charge >= 0.3 is 0 Å². The van der Waals surface area contributed by atoms with Crippen molar-refractivity contribution in [3.05, 3.63) is 35.4 Å². The van der Waals surface area contributed by atoms with Crippen molar-refractivity contribution in [1.82, 2.24) is 4.90 Å². The van der Waals surface area contributed by atoms with E-state index in [4.69, 9.17) is 11.1 Å². The van der Waals surface area contributed by atoms with Crippen molar-refractivity contribution in [2.45, 2.75) is 39.5 Å². The van der Waals surface area contributed by atoms with E-state index < -0.39 is 0 Å². The van der Waals surface area contributed by atoms with Gasteiger partial charge in [0.1, 0.15) is 0 Å². The van der Waals surface area contributed by atoms with Crippen LogP contribution in [0.5, 0.6) is 0 Å². The second-order valence-electron chi connectivity index (χ2n) is 6.51. The summed E-state index contributed by atoms with van der Waals surface area (Å²) < 4.78 is 0. The highest BCUT2D eigenvalue weighted by Gasteiger charge is 2.21. The number of hydrogen-bond donors (Lipinski definition) is 2. The summed E-state index contributed by atoms with van der Waals surface area (Å²) in [5.74, 6) is 0.306. The standard InChI is InChI=1S/C17H27N3/c1-17(2,16(18)19)10-5-11-20-12-8-14-6-3-4-7-15(14)9-13-20/h3-4,6-7H,5,8-13H2,1-2H3,(H3,18,19). The summed E-state index contributed by atoms with van der Waals surface area (Å²) in [5, 5.41) is 7.61. The molecule has 0 unspecified atom stereocenters. The Balaban J connectivity index is 1.81. The smallest absolute Gasteiger partial charge is 0.0963 e. The van der Waals surface area contributed by atoms with Crippen molar-refractivity contribution >= 4 is 5.84 Å². The topological polar surface area (TPSA) is 53.1 Å². The molecule has 1 aliphatic heterocycles. The molecule has 3 N–H and O–H groups in total. The number of benzene rings is 1. The third-order valence-corrected chi connectivity index (χ3v) is 4.52. The van der Waals surface area contributed by atoms with Crippen LogP contribution in [0.1, 0.15) is 37.8 Å². The Morgan fingerprint density at radius 2 is 1.75 bits per heavy atom. The monoisotopic (exact) mass is 273 g/mol. The third kappa shape index (κ3) is 3.83. The number of nitrogens with one attached hydrogen (secondary N) is 1. The highest BCUT2D eigenvalue weighted by atomic mass is 15.1. The van der Waals surface area contributed by atoms with Gasteiger partial charge in [-0.3, -0.25) is 5.41 Å². The first-order valence-electron chi connectivity index (χ1n) is 7.63. The molecule has 1 aliphatic rings. The number of fused-ring (bicyclic) bond motifs is 1. The number of nitrogens with zero attached hydrogens (tertiary/aromatic N) is 1. The van der Waals surface area contributed by atoms with Crippen molar-refractivity contribution in [3.63, 3.8) is 0 Å². The van der Waals surface area contributed by atoms with Crippen molar-refractivity contribution in [2.75, 3.05) is 19.6 Å². The molecule has 3 nitrogen and oxygen atoms in total. The van der Waals surface area contributed by atoms with Crippen LogP contribution < -0.4 is 5.73 Å². The van der Waals surface area contributed by atoms with E-state index in [9.17, 15) is 0 Å². The predicted octanol–water partition coefficient (Wildman–Crippen LogP) is 2.83. The minimum Gasteiger partial charge on any atom is -0.387 e. The first-order chi connectivity index (χ1) is 9.49. The lowest BCUT2D eigenvalue weighted by atomic mass is 9.86. The molecule has 20 heavy (non-hydrogen) atoms. The Labute approximate surface area is 122 Å². The number of nitrogens with two attached hydrogens (primary N) is 1. The van der Waals surface area contributed by atoms with Gasteiger partial charge in [-0.15, -0.1) is 0 Å². The molecule has 1 heterocycles. The summed E-state index contributed by atoms with van der Waals surface area (Å²) >= 11 is 0. The zero-order valence-corrected chi connectivity index (χ0v) is 12.8. The number of amidine groups is 1. The van der Waals surface area contributed by atoms with E-state index in [1.54, 1.807) is 0 Å². The van der Waals surface area contributed by atoms with E-state index in [1.807, 2.05) is 0 Å². The molecule has 0 aromatic heterocycles. The Hall–Kier alpha value is -1.35. The van der Waals surface area contributed by atoms with Crippen molar-refractivity contribution in [2.24, 2.45) is 11.1 Å². The Morgan fingerprint density at radius 1 is 1.20 bits per heavy atom. The molecule has 0 bridgehead atoms. The summed E-state index contributed by atoms with van der Waals surface area (Å²) in [4.78, 5) is 2.55. The fourth-order valence-electron chi connectivity index (χ4n) is 2.82. The molecular formula is C17H27N3. The first-order valence-corrected chi connectivity index (χ1v) is 7.63. The van der Waals surface area contributed by atoms with Crippen LogP contribution in [0.25, 0.3) is 0 Å². The van der Waals surface area contributed by atoms with Crippen LogP contribution in [-0.2, 0) is 12.8 Å². The van der Waals surface area contributed by atoms with Crippen LogP contribution >= 0.6 is 0 Å². The van der Waals surface area contributed by atoms with Crippen LogP contribution in [0, 0.1) is 10.8 Å². The summed E-state index contributed by atoms with van der Waals surface area (Å²) in [6.07, 6.45) is 4.42. The molecule has 3 heteroatoms. The number of hydrogen-bond acceptors (Lipinski definition) is 2. The predicted molar refractivity (Wildman–Crippen MR) is 85.2 cm³/mol. The molecule has 110 valence electrons. The van der Waals surface area contributed by atoms with Crippen LogP contribution in [0.15, 0.2) is 24.3 Å². The molecule has 1 aromatic carbocycles. The fraction of sp³-hybridized carbons (Fsp3) is 0.588. The zero-order chi connectivity index (χ0) is 14.6. The van der Waals surface area contributed by atoms with Gasteiger partial charge in [0.15, 0.2) is 0 Å². The van der Waals surface area contributed by atoms with Crippen LogP contribution in [-0.4, -0.2) is 30.4 Å². The first kappa shape index (κ1) is 15.0. The maximum Gasteiger partial charge on any atom is 0.0963 e. The molecule has 0 spiro atoms. The van der Waals surface area contributed by atoms with E-state index in [2.05, 4.69) is 43.0 Å². The average molecular weight is 273 g/mol. The second-order valence-corrected chi connectivity index (χ2v) is 6.51. The van der Waals surface area contributed by atoms with Gasteiger partial charge in [-0.2, -0.15) is 0 Å². The summed E-state index contributed by atoms with van der Waals surface area (Å²) in [6.45, 7) is 7.54. The highest BCUT2D eigenvalue weighted by Crippen LogP contribution is 2.22. The third-order valence-electron chi connectivity index (χ3n) is 4.52. The molecule has 2 rings (SSSR count). The molecule has 1 aromatic rings. The molecule has 0 radical (unpaired) electrons. The van der Waals surface area contributed by atoms with Crippen LogP contribution in [0.3, 0.4) is 0 Å². The molecule has 0 atom stereocenters. The lowest BCUT2D eigenvalue weighted by molar-refractivity contribution is 0.269. The summed E-state index contributed by atoms with van der Waals surface area (Å²) in [6, 6.07) is 8.81. The van der Waals surface area contributed by atoms with Gasteiger partial charge in [0.05, 0.1) is 5.84 Å². The SMILES string of the molecule is CC(C)(CCCN1CCc2ccccc2CC1)C(=N)N. The zero-order valence-electron chi connectivity index (χ0n) is 12.8. The van der Waals surface area contributed by atoms with Crippen molar-refractivity contribution < 1.29 is 0 Å². The maximum absolute atomic E-state index is 7.61. The Kier molecular flexibility index (Phi) is 4.81. The van der Waals surface area contributed by atoms with E-state index in [1.165, 1.54) is 11.1 Å². The van der Waals surface area contributed by atoms with Gasteiger partial charge < -0.3 is 10.6 Å². The normalized spacial score (nSPS) is 16.5. The van der Waals surface area contributed by atoms with Gasteiger partial charge in [0.2, 0.25) is 0 Å². The van der Waals surface area contributed by atoms with Gasteiger partial charge in [-0.25, -0.2) is 0 Å². The quantitative estimate of drug-likeness (QED) is 0.640. The van der Waals surface area contributed by atoms with E-state index in [0.29, 0.717) is 5.84 Å². The minimum absolute atomic E-state index is 0.158. The second kappa shape index (κ2) is 6.40. The van der Waals surface area contributed by atoms with Gasteiger partial charge in [-0.05, 0) is 43.4 Å². The molecule has 0 saturated carbocycles. The average Bonchev–Trinajstić information content (AvgIpc) is 2.61. The molecule has 0 aliphatic carbocycles. The van der Waals surface area contributed by atoms with Crippen molar-refractivity contribution in [1.29, 1.82) is 5.41 Å². The Morgan fingerprint density at radius 3 is 2.25 bits per heavy atom. The fourth-order valence-corrected chi connectivity index (χ4v) is 2.82. The van der Waals surface area contributed by atoms with E-state index in [-0.39, 0.29) is 5.41 Å². The summed E-state index contributed by atoms with van der Waals surface area (Å²) in [7, 11) is 0. The maximum atomic E-state index is 7.61. The van der Waals surface area contributed by atoms with Crippen molar-refractivity contribution in [3.8, 4) is 0 Å². The van der Waals surface area contributed by atoms with Gasteiger partial charge in [-0.1, -0.05) is 38.1 Å². The van der Waals surface area contributed by atoms with Gasteiger partial charge in [0, 0.05) is 18.5 Å². The van der Waals surface area contributed by atoms with Crippen LogP contribution in [0.4, 0.5) is 0 Å². The van der Waals surface area contributed by atoms with Gasteiger partial charge in [0.25, 0.3) is 0 Å². The van der Waals surface area contributed by atoms with Crippen LogP contribution in [0.2, 0.25) is 0 Å². The molecule has 0 fully saturated rings.